The highest BCUT2D eigenvalue weighted by atomic mass is 19.1. The van der Waals surface area contributed by atoms with Gasteiger partial charge in [0.05, 0.1) is 25.4 Å². The van der Waals surface area contributed by atoms with Crippen molar-refractivity contribution in [2.45, 2.75) is 19.0 Å². The van der Waals surface area contributed by atoms with Gasteiger partial charge in [-0.05, 0) is 23.4 Å². The highest BCUT2D eigenvalue weighted by Gasteiger charge is 2.14. The van der Waals surface area contributed by atoms with Crippen molar-refractivity contribution < 1.29 is 23.4 Å². The number of tetrazole rings is 1. The Bertz CT molecular complexity index is 949. The van der Waals surface area contributed by atoms with Gasteiger partial charge in [-0.25, -0.2) is 18.7 Å². The Morgan fingerprint density at radius 2 is 2.04 bits per heavy atom. The van der Waals surface area contributed by atoms with Gasteiger partial charge in [-0.3, -0.25) is 4.79 Å². The number of halogens is 2. The summed E-state index contributed by atoms with van der Waals surface area (Å²) in [5.74, 6) is -2.46. The van der Waals surface area contributed by atoms with Gasteiger partial charge in [-0.2, -0.15) is 4.80 Å². The van der Waals surface area contributed by atoms with E-state index in [2.05, 4.69) is 25.4 Å². The summed E-state index contributed by atoms with van der Waals surface area (Å²) in [7, 11) is 0. The molecular weight excluding hydrogens is 364 g/mol. The fraction of sp³-hybridized carbons (Fsp3) is 0.200. The average Bonchev–Trinajstić information content (AvgIpc) is 3.06. The Hall–Kier alpha value is -3.54. The number of nitrogens with zero attached hydrogens (tertiary/aromatic N) is 6. The predicted molar refractivity (Wildman–Crippen MR) is 85.5 cm³/mol. The lowest BCUT2D eigenvalue weighted by atomic mass is 10.2. The summed E-state index contributed by atoms with van der Waals surface area (Å²) in [6.45, 7) is 0.0465. The van der Waals surface area contributed by atoms with E-state index in [9.17, 15) is 13.6 Å². The molecule has 1 atom stereocenters. The average molecular weight is 377 g/mol. The molecule has 0 aliphatic rings. The number of aliphatic carboxylic acids is 1. The number of hydrogen-bond acceptors (Lipinski definition) is 8. The van der Waals surface area contributed by atoms with Crippen LogP contribution in [0, 0.1) is 11.6 Å². The molecule has 140 valence electrons. The van der Waals surface area contributed by atoms with Crippen molar-refractivity contribution >= 4 is 5.97 Å². The molecule has 0 bridgehead atoms. The van der Waals surface area contributed by atoms with Gasteiger partial charge in [-0.15, -0.1) is 10.2 Å². The first-order valence-electron chi connectivity index (χ1n) is 7.61. The molecule has 27 heavy (non-hydrogen) atoms. The van der Waals surface area contributed by atoms with Crippen molar-refractivity contribution in [3.8, 4) is 23.1 Å². The van der Waals surface area contributed by atoms with Crippen LogP contribution in [-0.2, 0) is 11.3 Å². The molecule has 0 radical (unpaired) electrons. The van der Waals surface area contributed by atoms with Crippen LogP contribution in [0.1, 0.15) is 6.42 Å². The van der Waals surface area contributed by atoms with Crippen LogP contribution in [0.25, 0.3) is 11.4 Å². The number of nitrogens with two attached hydrogens (primary N) is 1. The molecule has 2 heterocycles. The number of carboxylic acid groups (broad SMARTS) is 1. The maximum atomic E-state index is 14.2. The van der Waals surface area contributed by atoms with Crippen molar-refractivity contribution in [2.75, 3.05) is 0 Å². The van der Waals surface area contributed by atoms with Gasteiger partial charge < -0.3 is 15.6 Å². The van der Waals surface area contributed by atoms with Gasteiger partial charge in [0, 0.05) is 11.6 Å². The third-order valence-corrected chi connectivity index (χ3v) is 3.28. The van der Waals surface area contributed by atoms with Gasteiger partial charge in [0.15, 0.2) is 17.4 Å². The van der Waals surface area contributed by atoms with Crippen molar-refractivity contribution in [3.05, 3.63) is 42.2 Å². The second-order valence-corrected chi connectivity index (χ2v) is 5.46. The molecule has 12 heteroatoms. The Labute approximate surface area is 150 Å². The van der Waals surface area contributed by atoms with Crippen LogP contribution in [0.4, 0.5) is 8.78 Å². The number of ether oxygens (including phenoxy) is 1. The van der Waals surface area contributed by atoms with E-state index in [0.29, 0.717) is 5.56 Å². The molecule has 3 aromatic rings. The molecule has 0 unspecified atom stereocenters. The van der Waals surface area contributed by atoms with Crippen molar-refractivity contribution in [2.24, 2.45) is 5.73 Å². The standard InChI is InChI=1S/C15H13F2N7O3/c16-9-5-19-15(20-6-9)27-12-2-1-8(3-11(12)17)14-21-23-24(22-14)7-10(18)4-13(25)26/h1-3,5-6,10H,4,7,18H2,(H,25,26)/t10-/m0/s1. The number of carboxylic acids is 1. The van der Waals surface area contributed by atoms with Crippen LogP contribution >= 0.6 is 0 Å². The Kier molecular flexibility index (Phi) is 5.26. The highest BCUT2D eigenvalue weighted by Crippen LogP contribution is 2.26. The minimum atomic E-state index is -1.04. The zero-order valence-electron chi connectivity index (χ0n) is 13.7. The van der Waals surface area contributed by atoms with Gasteiger partial charge in [0.2, 0.25) is 5.82 Å². The first kappa shape index (κ1) is 18.3. The molecule has 3 N–H and O–H groups in total. The largest absolute Gasteiger partial charge is 0.481 e. The maximum absolute atomic E-state index is 14.2. The molecule has 0 aliphatic carbocycles. The lowest BCUT2D eigenvalue weighted by Gasteiger charge is -2.06. The predicted octanol–water partition coefficient (Wildman–Crippen LogP) is 1.00. The lowest BCUT2D eigenvalue weighted by molar-refractivity contribution is -0.137. The van der Waals surface area contributed by atoms with Gasteiger partial charge >= 0.3 is 12.0 Å². The number of rotatable bonds is 7. The maximum Gasteiger partial charge on any atom is 0.322 e. The summed E-state index contributed by atoms with van der Waals surface area (Å²) in [5, 5.41) is 20.3. The molecule has 0 saturated carbocycles. The topological polar surface area (TPSA) is 142 Å². The summed E-state index contributed by atoms with van der Waals surface area (Å²) in [6.07, 6.45) is 1.54. The fourth-order valence-corrected chi connectivity index (χ4v) is 2.11. The van der Waals surface area contributed by atoms with E-state index >= 15 is 0 Å². The van der Waals surface area contributed by atoms with Crippen LogP contribution in [-0.4, -0.2) is 47.3 Å². The monoisotopic (exact) mass is 377 g/mol. The number of hydrogen-bond donors (Lipinski definition) is 2. The molecule has 0 spiro atoms. The van der Waals surface area contributed by atoms with Gasteiger partial charge in [-0.1, -0.05) is 0 Å². The Morgan fingerprint density at radius 3 is 2.70 bits per heavy atom. The van der Waals surface area contributed by atoms with Crippen LogP contribution in [0.3, 0.4) is 0 Å². The fourth-order valence-electron chi connectivity index (χ4n) is 2.11. The minimum absolute atomic E-state index is 0.0465. The third kappa shape index (κ3) is 4.76. The first-order chi connectivity index (χ1) is 12.9. The summed E-state index contributed by atoms with van der Waals surface area (Å²) in [6, 6.07) is 3.03. The van der Waals surface area contributed by atoms with Crippen LogP contribution < -0.4 is 10.5 Å². The van der Waals surface area contributed by atoms with E-state index in [1.165, 1.54) is 12.1 Å². The van der Waals surface area contributed by atoms with Gasteiger partial charge in [0.25, 0.3) is 0 Å². The molecule has 0 amide bonds. The molecule has 0 fully saturated rings. The Morgan fingerprint density at radius 1 is 1.30 bits per heavy atom. The normalized spacial score (nSPS) is 12.0. The summed E-state index contributed by atoms with van der Waals surface area (Å²) < 4.78 is 32.2. The van der Waals surface area contributed by atoms with E-state index in [0.717, 1.165) is 23.3 Å². The summed E-state index contributed by atoms with van der Waals surface area (Å²) in [4.78, 5) is 18.9. The summed E-state index contributed by atoms with van der Waals surface area (Å²) in [5.41, 5.74) is 5.98. The molecule has 3 rings (SSSR count). The van der Waals surface area contributed by atoms with E-state index in [4.69, 9.17) is 15.6 Å². The lowest BCUT2D eigenvalue weighted by Crippen LogP contribution is -2.30. The van der Waals surface area contributed by atoms with E-state index in [1.54, 1.807) is 0 Å². The summed E-state index contributed by atoms with van der Waals surface area (Å²) >= 11 is 0. The quantitative estimate of drug-likeness (QED) is 0.616. The van der Waals surface area contributed by atoms with Gasteiger partial charge in [0.1, 0.15) is 0 Å². The molecule has 2 aromatic heterocycles. The molecule has 1 aromatic carbocycles. The van der Waals surface area contributed by atoms with Crippen LogP contribution in [0.15, 0.2) is 30.6 Å². The van der Waals surface area contributed by atoms with E-state index in [-0.39, 0.29) is 30.5 Å². The molecule has 0 saturated heterocycles. The van der Waals surface area contributed by atoms with Crippen molar-refractivity contribution in [3.63, 3.8) is 0 Å². The Balaban J connectivity index is 1.72. The zero-order chi connectivity index (χ0) is 19.4. The zero-order valence-corrected chi connectivity index (χ0v) is 13.7. The smallest absolute Gasteiger partial charge is 0.322 e. The second kappa shape index (κ2) is 7.78. The molecule has 10 nitrogen and oxygen atoms in total. The molecule has 0 aliphatic heterocycles. The minimum Gasteiger partial charge on any atom is -0.481 e. The highest BCUT2D eigenvalue weighted by molar-refractivity contribution is 5.67. The van der Waals surface area contributed by atoms with Crippen LogP contribution in [0.5, 0.6) is 11.8 Å². The number of benzene rings is 1. The van der Waals surface area contributed by atoms with Crippen LogP contribution in [0.2, 0.25) is 0 Å². The first-order valence-corrected chi connectivity index (χ1v) is 7.61. The number of carbonyl (C=O) groups is 1. The van der Waals surface area contributed by atoms with E-state index < -0.39 is 23.6 Å². The SMILES string of the molecule is N[C@@H](CC(=O)O)Cn1nnc(-c2ccc(Oc3ncc(F)cn3)c(F)c2)n1. The van der Waals surface area contributed by atoms with E-state index in [1.807, 2.05) is 0 Å². The van der Waals surface area contributed by atoms with Crippen molar-refractivity contribution in [1.82, 2.24) is 30.2 Å². The van der Waals surface area contributed by atoms with Crippen molar-refractivity contribution in [1.29, 1.82) is 0 Å². The number of aromatic nitrogens is 6. The molecular formula is C15H13F2N7O3. The second-order valence-electron chi connectivity index (χ2n) is 5.46. The third-order valence-electron chi connectivity index (χ3n) is 3.28.